The summed E-state index contributed by atoms with van der Waals surface area (Å²) < 4.78 is 11.5. The van der Waals surface area contributed by atoms with Gasteiger partial charge in [0.2, 0.25) is 0 Å². The molecule has 0 radical (unpaired) electrons. The average Bonchev–Trinajstić information content (AvgIpc) is 2.63. The van der Waals surface area contributed by atoms with Crippen LogP contribution in [-0.2, 0) is 4.79 Å². The standard InChI is InChI=1S/C20H25N3O3/c1-14(2)18-20(24)23(19-16(26-18)10-11-17(21)22-19)12-6-7-13-25-15-8-4-3-5-9-15/h3-5,8-11,14,18H,6-7,12-13H2,1-2H3,(H2,21,22). The molecule has 2 N–H and O–H groups in total. The van der Waals surface area contributed by atoms with Crippen molar-refractivity contribution in [2.75, 3.05) is 23.8 Å². The lowest BCUT2D eigenvalue weighted by Crippen LogP contribution is -2.49. The molecule has 6 nitrogen and oxygen atoms in total. The van der Waals surface area contributed by atoms with E-state index in [4.69, 9.17) is 15.2 Å². The van der Waals surface area contributed by atoms with Gasteiger partial charge in [-0.3, -0.25) is 9.69 Å². The van der Waals surface area contributed by atoms with Gasteiger partial charge in [-0.2, -0.15) is 0 Å². The highest BCUT2D eigenvalue weighted by Crippen LogP contribution is 2.34. The van der Waals surface area contributed by atoms with E-state index in [9.17, 15) is 4.79 Å². The summed E-state index contributed by atoms with van der Waals surface area (Å²) >= 11 is 0. The highest BCUT2D eigenvalue weighted by atomic mass is 16.5. The first-order chi connectivity index (χ1) is 12.6. The third-order valence-corrected chi connectivity index (χ3v) is 4.27. The molecule has 6 heteroatoms. The third kappa shape index (κ3) is 4.07. The number of unbranched alkanes of at least 4 members (excludes halogenated alkanes) is 1. The van der Waals surface area contributed by atoms with Crippen LogP contribution in [0.3, 0.4) is 0 Å². The largest absolute Gasteiger partial charge is 0.494 e. The van der Waals surface area contributed by atoms with E-state index < -0.39 is 6.10 Å². The minimum atomic E-state index is -0.492. The first-order valence-corrected chi connectivity index (χ1v) is 8.98. The zero-order chi connectivity index (χ0) is 18.5. The van der Waals surface area contributed by atoms with Gasteiger partial charge < -0.3 is 15.2 Å². The maximum absolute atomic E-state index is 12.8. The van der Waals surface area contributed by atoms with E-state index in [2.05, 4.69) is 4.98 Å². The summed E-state index contributed by atoms with van der Waals surface area (Å²) in [4.78, 5) is 18.8. The number of benzene rings is 1. The normalized spacial score (nSPS) is 16.3. The highest BCUT2D eigenvalue weighted by molar-refractivity contribution is 5.99. The molecule has 1 unspecified atom stereocenters. The number of amides is 1. The van der Waals surface area contributed by atoms with Crippen molar-refractivity contribution in [2.45, 2.75) is 32.8 Å². The van der Waals surface area contributed by atoms with Crippen molar-refractivity contribution in [1.29, 1.82) is 0 Å². The average molecular weight is 355 g/mol. The van der Waals surface area contributed by atoms with E-state index in [1.807, 2.05) is 44.2 Å². The van der Waals surface area contributed by atoms with Gasteiger partial charge in [-0.1, -0.05) is 32.0 Å². The van der Waals surface area contributed by atoms with Crippen molar-refractivity contribution < 1.29 is 14.3 Å². The van der Waals surface area contributed by atoms with E-state index >= 15 is 0 Å². The summed E-state index contributed by atoms with van der Waals surface area (Å²) in [6.45, 7) is 5.12. The number of anilines is 2. The van der Waals surface area contributed by atoms with Crippen LogP contribution in [0.2, 0.25) is 0 Å². The molecule has 1 aliphatic rings. The predicted molar refractivity (Wildman–Crippen MR) is 101 cm³/mol. The minimum Gasteiger partial charge on any atom is -0.494 e. The SMILES string of the molecule is CC(C)C1Oc2ccc(N)nc2N(CCCCOc2ccccc2)C1=O. The summed E-state index contributed by atoms with van der Waals surface area (Å²) in [7, 11) is 0. The maximum Gasteiger partial charge on any atom is 0.269 e. The molecular weight excluding hydrogens is 330 g/mol. The Kier molecular flexibility index (Phi) is 5.61. The topological polar surface area (TPSA) is 77.7 Å². The molecule has 1 amide bonds. The summed E-state index contributed by atoms with van der Waals surface area (Å²) in [5.41, 5.74) is 5.80. The van der Waals surface area contributed by atoms with Crippen molar-refractivity contribution in [3.05, 3.63) is 42.5 Å². The van der Waals surface area contributed by atoms with Crippen LogP contribution in [0.15, 0.2) is 42.5 Å². The first kappa shape index (κ1) is 18.0. The molecule has 0 saturated heterocycles. The van der Waals surface area contributed by atoms with E-state index in [1.54, 1.807) is 17.0 Å². The Bertz CT molecular complexity index is 749. The van der Waals surface area contributed by atoms with Crippen LogP contribution >= 0.6 is 0 Å². The molecule has 1 atom stereocenters. The maximum atomic E-state index is 12.8. The number of carbonyl (C=O) groups excluding carboxylic acids is 1. The number of carbonyl (C=O) groups is 1. The molecule has 3 rings (SSSR count). The monoisotopic (exact) mass is 355 g/mol. The van der Waals surface area contributed by atoms with Crippen LogP contribution in [-0.4, -0.2) is 30.1 Å². The number of pyridine rings is 1. The summed E-state index contributed by atoms with van der Waals surface area (Å²) in [6.07, 6.45) is 1.15. The van der Waals surface area contributed by atoms with Crippen LogP contribution in [0.1, 0.15) is 26.7 Å². The van der Waals surface area contributed by atoms with Crippen molar-refractivity contribution in [3.8, 4) is 11.5 Å². The van der Waals surface area contributed by atoms with E-state index in [0.29, 0.717) is 30.5 Å². The van der Waals surface area contributed by atoms with Crippen LogP contribution < -0.4 is 20.1 Å². The van der Waals surface area contributed by atoms with Crippen LogP contribution in [0.25, 0.3) is 0 Å². The van der Waals surface area contributed by atoms with Crippen molar-refractivity contribution >= 4 is 17.5 Å². The summed E-state index contributed by atoms with van der Waals surface area (Å²) in [6, 6.07) is 13.2. The van der Waals surface area contributed by atoms with Crippen LogP contribution in [0, 0.1) is 5.92 Å². The second-order valence-corrected chi connectivity index (χ2v) is 6.70. The van der Waals surface area contributed by atoms with Gasteiger partial charge in [-0.25, -0.2) is 4.98 Å². The van der Waals surface area contributed by atoms with Crippen molar-refractivity contribution in [1.82, 2.24) is 4.98 Å². The van der Waals surface area contributed by atoms with Gasteiger partial charge in [-0.15, -0.1) is 0 Å². The number of nitrogens with two attached hydrogens (primary N) is 1. The van der Waals surface area contributed by atoms with Gasteiger partial charge in [0, 0.05) is 6.54 Å². The Hall–Kier alpha value is -2.76. The van der Waals surface area contributed by atoms with E-state index in [1.165, 1.54) is 0 Å². The number of rotatable bonds is 7. The van der Waals surface area contributed by atoms with Gasteiger partial charge >= 0.3 is 0 Å². The van der Waals surface area contributed by atoms with Gasteiger partial charge in [-0.05, 0) is 43.0 Å². The molecule has 2 heterocycles. The van der Waals surface area contributed by atoms with Gasteiger partial charge in [0.25, 0.3) is 5.91 Å². The number of nitrogens with zero attached hydrogens (tertiary/aromatic N) is 2. The lowest BCUT2D eigenvalue weighted by molar-refractivity contribution is -0.128. The third-order valence-electron chi connectivity index (χ3n) is 4.27. The first-order valence-electron chi connectivity index (χ1n) is 8.98. The van der Waals surface area contributed by atoms with Gasteiger partial charge in [0.1, 0.15) is 11.6 Å². The molecule has 0 saturated carbocycles. The fraction of sp³-hybridized carbons (Fsp3) is 0.400. The Morgan fingerprint density at radius 2 is 1.96 bits per heavy atom. The summed E-state index contributed by atoms with van der Waals surface area (Å²) in [5.74, 6) is 2.37. The van der Waals surface area contributed by atoms with Crippen molar-refractivity contribution in [2.24, 2.45) is 5.92 Å². The second-order valence-electron chi connectivity index (χ2n) is 6.70. The molecule has 1 aromatic heterocycles. The minimum absolute atomic E-state index is 0.0606. The molecule has 0 bridgehead atoms. The highest BCUT2D eigenvalue weighted by Gasteiger charge is 2.37. The number of nitrogen functional groups attached to an aromatic ring is 1. The van der Waals surface area contributed by atoms with E-state index in [0.717, 1.165) is 18.6 Å². The fourth-order valence-electron chi connectivity index (χ4n) is 2.90. The smallest absolute Gasteiger partial charge is 0.269 e. The summed E-state index contributed by atoms with van der Waals surface area (Å²) in [5, 5.41) is 0. The molecule has 1 aliphatic heterocycles. The van der Waals surface area contributed by atoms with Gasteiger partial charge in [0.15, 0.2) is 17.7 Å². The van der Waals surface area contributed by atoms with Gasteiger partial charge in [0.05, 0.1) is 6.61 Å². The Morgan fingerprint density at radius 3 is 2.69 bits per heavy atom. The molecule has 2 aromatic rings. The molecule has 0 aliphatic carbocycles. The zero-order valence-corrected chi connectivity index (χ0v) is 15.2. The molecule has 138 valence electrons. The number of aromatic nitrogens is 1. The lowest BCUT2D eigenvalue weighted by atomic mass is 10.0. The van der Waals surface area contributed by atoms with Crippen LogP contribution in [0.4, 0.5) is 11.6 Å². The molecular formula is C20H25N3O3. The second kappa shape index (κ2) is 8.08. The predicted octanol–water partition coefficient (Wildman–Crippen LogP) is 3.27. The van der Waals surface area contributed by atoms with E-state index in [-0.39, 0.29) is 11.8 Å². The lowest BCUT2D eigenvalue weighted by Gasteiger charge is -2.35. The number of fused-ring (bicyclic) bond motifs is 1. The molecule has 0 fully saturated rings. The number of hydrogen-bond acceptors (Lipinski definition) is 5. The quantitative estimate of drug-likeness (QED) is 0.771. The van der Waals surface area contributed by atoms with Crippen molar-refractivity contribution in [3.63, 3.8) is 0 Å². The Balaban J connectivity index is 1.62. The van der Waals surface area contributed by atoms with Crippen LogP contribution in [0.5, 0.6) is 11.5 Å². The number of hydrogen-bond donors (Lipinski definition) is 1. The molecule has 1 aromatic carbocycles. The molecule has 26 heavy (non-hydrogen) atoms. The number of ether oxygens (including phenoxy) is 2. The zero-order valence-electron chi connectivity index (χ0n) is 15.2. The fourth-order valence-corrected chi connectivity index (χ4v) is 2.90. The Labute approximate surface area is 153 Å². The molecule has 0 spiro atoms. The Morgan fingerprint density at radius 1 is 1.19 bits per heavy atom. The number of para-hydroxylation sites is 1.